The van der Waals surface area contributed by atoms with Crippen LogP contribution in [0.3, 0.4) is 0 Å². The van der Waals surface area contributed by atoms with Crippen molar-refractivity contribution in [2.45, 2.75) is 32.8 Å². The average molecular weight is 414 g/mol. The summed E-state index contributed by atoms with van der Waals surface area (Å²) < 4.78 is 10.7. The number of carbonyl (C=O) groups excluding carboxylic acids is 2. The van der Waals surface area contributed by atoms with Crippen LogP contribution in [0.25, 0.3) is 0 Å². The summed E-state index contributed by atoms with van der Waals surface area (Å²) >= 11 is 0. The normalized spacial score (nSPS) is 11.4. The van der Waals surface area contributed by atoms with Crippen molar-refractivity contribution in [3.8, 4) is 5.75 Å². The van der Waals surface area contributed by atoms with Crippen LogP contribution in [-0.4, -0.2) is 44.7 Å². The summed E-state index contributed by atoms with van der Waals surface area (Å²) in [5, 5.41) is 8.73. The molecule has 0 aliphatic heterocycles. The summed E-state index contributed by atoms with van der Waals surface area (Å²) in [6, 6.07) is 14.3. The van der Waals surface area contributed by atoms with E-state index in [4.69, 9.17) is 9.47 Å². The Labute approximate surface area is 178 Å². The average Bonchev–Trinajstić information content (AvgIpc) is 2.76. The molecule has 2 aromatic carbocycles. The molecule has 0 spiro atoms. The predicted octanol–water partition coefficient (Wildman–Crippen LogP) is 3.68. The van der Waals surface area contributed by atoms with Gasteiger partial charge in [0, 0.05) is 43.3 Å². The van der Waals surface area contributed by atoms with E-state index in [2.05, 4.69) is 22.9 Å². The molecule has 1 atom stereocenters. The Morgan fingerprint density at radius 2 is 1.83 bits per heavy atom. The van der Waals surface area contributed by atoms with Crippen LogP contribution in [-0.2, 0) is 9.53 Å². The van der Waals surface area contributed by atoms with Crippen LogP contribution in [0.4, 0.5) is 11.4 Å². The minimum Gasteiger partial charge on any atom is -0.491 e. The first-order chi connectivity index (χ1) is 14.5. The molecule has 1 unspecified atom stereocenters. The zero-order valence-electron chi connectivity index (χ0n) is 17.9. The number of benzene rings is 2. The van der Waals surface area contributed by atoms with Gasteiger partial charge in [-0.05, 0) is 56.2 Å². The molecule has 0 bridgehead atoms. The third kappa shape index (κ3) is 8.13. The number of carbonyl (C=O) groups is 2. The Morgan fingerprint density at radius 1 is 1.07 bits per heavy atom. The minimum absolute atomic E-state index is 0.120. The van der Waals surface area contributed by atoms with E-state index in [9.17, 15) is 9.59 Å². The van der Waals surface area contributed by atoms with Gasteiger partial charge in [0.1, 0.15) is 5.75 Å². The van der Waals surface area contributed by atoms with Gasteiger partial charge in [-0.1, -0.05) is 13.0 Å². The first-order valence-corrected chi connectivity index (χ1v) is 10.2. The van der Waals surface area contributed by atoms with Gasteiger partial charge in [-0.2, -0.15) is 0 Å². The van der Waals surface area contributed by atoms with Crippen LogP contribution in [0.5, 0.6) is 5.75 Å². The third-order valence-corrected chi connectivity index (χ3v) is 4.44. The van der Waals surface area contributed by atoms with Crippen molar-refractivity contribution < 1.29 is 19.1 Å². The van der Waals surface area contributed by atoms with Gasteiger partial charge in [-0.15, -0.1) is 0 Å². The maximum Gasteiger partial charge on any atom is 0.251 e. The van der Waals surface area contributed by atoms with E-state index < -0.39 is 0 Å². The number of hydrogen-bond acceptors (Lipinski definition) is 5. The fourth-order valence-corrected chi connectivity index (χ4v) is 2.61. The fraction of sp³-hybridized carbons (Fsp3) is 0.391. The van der Waals surface area contributed by atoms with Crippen molar-refractivity contribution in [3.63, 3.8) is 0 Å². The van der Waals surface area contributed by atoms with Gasteiger partial charge in [-0.3, -0.25) is 9.59 Å². The first-order valence-electron chi connectivity index (χ1n) is 10.2. The first kappa shape index (κ1) is 23.2. The van der Waals surface area contributed by atoms with E-state index in [0.29, 0.717) is 24.4 Å². The van der Waals surface area contributed by atoms with Gasteiger partial charge < -0.3 is 25.4 Å². The smallest absolute Gasteiger partial charge is 0.251 e. The van der Waals surface area contributed by atoms with Crippen LogP contribution in [0.2, 0.25) is 0 Å². The SMILES string of the molecule is CCC(C)Oc1cccc(NCC(=O)Nc2ccc(C(=O)NCCCOC)cc2)c1. The Kier molecular flexibility index (Phi) is 9.67. The summed E-state index contributed by atoms with van der Waals surface area (Å²) in [5.74, 6) is 0.441. The maximum absolute atomic E-state index is 12.2. The van der Waals surface area contributed by atoms with Crippen LogP contribution in [0, 0.1) is 0 Å². The number of rotatable bonds is 12. The highest BCUT2D eigenvalue weighted by molar-refractivity contribution is 5.96. The molecule has 2 amide bonds. The largest absolute Gasteiger partial charge is 0.491 e. The Morgan fingerprint density at radius 3 is 2.53 bits per heavy atom. The highest BCUT2D eigenvalue weighted by Crippen LogP contribution is 2.19. The van der Waals surface area contributed by atoms with Gasteiger partial charge in [0.15, 0.2) is 0 Å². The summed E-state index contributed by atoms with van der Waals surface area (Å²) in [7, 11) is 1.63. The predicted molar refractivity (Wildman–Crippen MR) is 119 cm³/mol. The number of ether oxygens (including phenoxy) is 2. The second kappa shape index (κ2) is 12.5. The molecule has 0 aliphatic carbocycles. The molecule has 0 heterocycles. The monoisotopic (exact) mass is 413 g/mol. The summed E-state index contributed by atoms with van der Waals surface area (Å²) in [4.78, 5) is 24.3. The number of hydrogen-bond donors (Lipinski definition) is 3. The Hall–Kier alpha value is -3.06. The van der Waals surface area contributed by atoms with Crippen molar-refractivity contribution in [1.82, 2.24) is 5.32 Å². The minimum atomic E-state index is -0.181. The fourth-order valence-electron chi connectivity index (χ4n) is 2.61. The van der Waals surface area contributed by atoms with E-state index in [1.165, 1.54) is 0 Å². The van der Waals surface area contributed by atoms with Crippen molar-refractivity contribution >= 4 is 23.2 Å². The van der Waals surface area contributed by atoms with Gasteiger partial charge in [0.25, 0.3) is 5.91 Å². The molecule has 7 nitrogen and oxygen atoms in total. The van der Waals surface area contributed by atoms with E-state index in [1.807, 2.05) is 31.2 Å². The maximum atomic E-state index is 12.2. The van der Waals surface area contributed by atoms with Crippen molar-refractivity contribution in [3.05, 3.63) is 54.1 Å². The van der Waals surface area contributed by atoms with E-state index in [-0.39, 0.29) is 24.5 Å². The van der Waals surface area contributed by atoms with E-state index in [0.717, 1.165) is 24.3 Å². The van der Waals surface area contributed by atoms with Gasteiger partial charge >= 0.3 is 0 Å². The van der Waals surface area contributed by atoms with Crippen LogP contribution in [0.1, 0.15) is 37.0 Å². The molecule has 7 heteroatoms. The van der Waals surface area contributed by atoms with Crippen LogP contribution >= 0.6 is 0 Å². The molecule has 30 heavy (non-hydrogen) atoms. The molecule has 0 saturated heterocycles. The lowest BCUT2D eigenvalue weighted by molar-refractivity contribution is -0.114. The van der Waals surface area contributed by atoms with Crippen LogP contribution < -0.4 is 20.7 Å². The zero-order chi connectivity index (χ0) is 21.8. The van der Waals surface area contributed by atoms with Crippen molar-refractivity contribution in [2.75, 3.05) is 37.4 Å². The van der Waals surface area contributed by atoms with Gasteiger partial charge in [0.2, 0.25) is 5.91 Å². The molecule has 0 radical (unpaired) electrons. The van der Waals surface area contributed by atoms with Crippen LogP contribution in [0.15, 0.2) is 48.5 Å². The molecule has 0 aromatic heterocycles. The molecule has 3 N–H and O–H groups in total. The van der Waals surface area contributed by atoms with E-state index in [1.54, 1.807) is 31.4 Å². The Balaban J connectivity index is 1.79. The summed E-state index contributed by atoms with van der Waals surface area (Å²) in [6.45, 7) is 5.37. The number of nitrogens with one attached hydrogen (secondary N) is 3. The molecular weight excluding hydrogens is 382 g/mol. The third-order valence-electron chi connectivity index (χ3n) is 4.44. The number of anilines is 2. The molecular formula is C23H31N3O4. The number of methoxy groups -OCH3 is 1. The standard InChI is InChI=1S/C23H31N3O4/c1-4-17(2)30-21-8-5-7-20(15-21)25-16-22(27)26-19-11-9-18(10-12-19)23(28)24-13-6-14-29-3/h5,7-12,15,17,25H,4,6,13-14,16H2,1-3H3,(H,24,28)(H,26,27). The lowest BCUT2D eigenvalue weighted by atomic mass is 10.2. The molecule has 162 valence electrons. The number of amides is 2. The molecule has 2 rings (SSSR count). The lowest BCUT2D eigenvalue weighted by Crippen LogP contribution is -2.25. The van der Waals surface area contributed by atoms with Gasteiger partial charge in [0.05, 0.1) is 12.6 Å². The summed E-state index contributed by atoms with van der Waals surface area (Å²) in [6.07, 6.45) is 1.82. The van der Waals surface area contributed by atoms with E-state index >= 15 is 0 Å². The molecule has 0 aliphatic rings. The topological polar surface area (TPSA) is 88.7 Å². The van der Waals surface area contributed by atoms with Crippen molar-refractivity contribution in [2.24, 2.45) is 0 Å². The Bertz CT molecular complexity index is 808. The molecule has 2 aromatic rings. The second-order valence-corrected chi connectivity index (χ2v) is 6.95. The molecule has 0 saturated carbocycles. The van der Waals surface area contributed by atoms with Gasteiger partial charge in [-0.25, -0.2) is 0 Å². The summed E-state index contributed by atoms with van der Waals surface area (Å²) in [5.41, 5.74) is 1.99. The zero-order valence-corrected chi connectivity index (χ0v) is 17.9. The highest BCUT2D eigenvalue weighted by Gasteiger charge is 2.07. The molecule has 0 fully saturated rings. The second-order valence-electron chi connectivity index (χ2n) is 6.95. The van der Waals surface area contributed by atoms with Crippen molar-refractivity contribution in [1.29, 1.82) is 0 Å². The lowest BCUT2D eigenvalue weighted by Gasteiger charge is -2.14. The quantitative estimate of drug-likeness (QED) is 0.462. The highest BCUT2D eigenvalue weighted by atomic mass is 16.5.